The quantitative estimate of drug-likeness (QED) is 0.373. The Labute approximate surface area is 206 Å². The van der Waals surface area contributed by atoms with Gasteiger partial charge in [-0.2, -0.15) is 0 Å². The number of fused-ring (bicyclic) bond motifs is 1. The minimum Gasteiger partial charge on any atom is -0.378 e. The maximum absolute atomic E-state index is 12.6. The average molecular weight is 482 g/mol. The van der Waals surface area contributed by atoms with Crippen LogP contribution < -0.4 is 4.90 Å². The van der Waals surface area contributed by atoms with E-state index in [4.69, 9.17) is 9.26 Å². The molecule has 10 heteroatoms. The number of nitrogens with one attached hydrogen (secondary N) is 1. The first-order chi connectivity index (χ1) is 17.7. The van der Waals surface area contributed by atoms with Gasteiger partial charge in [0.05, 0.1) is 19.6 Å². The fourth-order valence-electron chi connectivity index (χ4n) is 4.28. The lowest BCUT2D eigenvalue weighted by atomic mass is 10.0. The Balaban J connectivity index is 1.14. The molecule has 0 unspecified atom stereocenters. The van der Waals surface area contributed by atoms with Crippen molar-refractivity contribution in [1.29, 1.82) is 0 Å². The summed E-state index contributed by atoms with van der Waals surface area (Å²) in [7, 11) is 0. The lowest BCUT2D eigenvalue weighted by Crippen LogP contribution is -2.36. The number of hydrogen-bond acceptors (Lipinski definition) is 9. The maximum atomic E-state index is 12.6. The molecule has 0 atom stereocenters. The van der Waals surface area contributed by atoms with Crippen molar-refractivity contribution in [2.24, 2.45) is 0 Å². The van der Waals surface area contributed by atoms with Crippen molar-refractivity contribution in [2.45, 2.75) is 12.8 Å². The number of carbonyl (C=O) groups excluding carboxylic acids is 1. The summed E-state index contributed by atoms with van der Waals surface area (Å²) in [5.74, 6) is 2.13. The normalized spacial score (nSPS) is 13.8. The predicted octanol–water partition coefficient (Wildman–Crippen LogP) is 3.26. The Bertz CT molecular complexity index is 1490. The molecule has 0 saturated carbocycles. The molecule has 6 rings (SSSR count). The maximum Gasteiger partial charge on any atom is 0.183 e. The van der Waals surface area contributed by atoms with Gasteiger partial charge in [-0.15, -0.1) is 0 Å². The SMILES string of the molecule is O=C(Cc1ccc(-c2nc3ncnc(N4CCOCC4)c3[nH]2)cc1)Cc1cc(-c2cccnc2)no1. The van der Waals surface area contributed by atoms with Crippen molar-refractivity contribution < 1.29 is 14.1 Å². The largest absolute Gasteiger partial charge is 0.378 e. The molecule has 5 heterocycles. The number of benzene rings is 1. The molecule has 1 saturated heterocycles. The van der Waals surface area contributed by atoms with Gasteiger partial charge in [-0.1, -0.05) is 29.4 Å². The number of Topliss-reactive ketones (excluding diaryl/α,β-unsaturated/α-hetero) is 1. The molecule has 1 N–H and O–H groups in total. The van der Waals surface area contributed by atoms with Gasteiger partial charge >= 0.3 is 0 Å². The first kappa shape index (κ1) is 22.1. The zero-order valence-corrected chi connectivity index (χ0v) is 19.4. The summed E-state index contributed by atoms with van der Waals surface area (Å²) in [4.78, 5) is 35.7. The molecule has 1 aromatic carbocycles. The van der Waals surface area contributed by atoms with E-state index in [1.165, 1.54) is 0 Å². The van der Waals surface area contributed by atoms with E-state index in [9.17, 15) is 4.79 Å². The van der Waals surface area contributed by atoms with Gasteiger partial charge in [0.2, 0.25) is 0 Å². The molecule has 1 aliphatic heterocycles. The second-order valence-corrected chi connectivity index (χ2v) is 8.59. The number of H-pyrrole nitrogens is 1. The Kier molecular flexibility index (Phi) is 5.92. The topological polar surface area (TPSA) is 123 Å². The van der Waals surface area contributed by atoms with E-state index in [0.717, 1.165) is 41.1 Å². The van der Waals surface area contributed by atoms with E-state index in [1.54, 1.807) is 24.8 Å². The lowest BCUT2D eigenvalue weighted by Gasteiger charge is -2.27. The molecule has 0 spiro atoms. The van der Waals surface area contributed by atoms with E-state index in [0.29, 0.717) is 42.6 Å². The van der Waals surface area contributed by atoms with Gasteiger partial charge < -0.3 is 19.1 Å². The second kappa shape index (κ2) is 9.67. The Morgan fingerprint density at radius 2 is 1.89 bits per heavy atom. The number of anilines is 1. The highest BCUT2D eigenvalue weighted by molar-refractivity contribution is 5.86. The van der Waals surface area contributed by atoms with Gasteiger partial charge in [-0.25, -0.2) is 15.0 Å². The van der Waals surface area contributed by atoms with Gasteiger partial charge in [0, 0.05) is 49.1 Å². The number of carbonyl (C=O) groups is 1. The van der Waals surface area contributed by atoms with E-state index in [-0.39, 0.29) is 12.2 Å². The third-order valence-corrected chi connectivity index (χ3v) is 6.10. The van der Waals surface area contributed by atoms with E-state index >= 15 is 0 Å². The van der Waals surface area contributed by atoms with Crippen molar-refractivity contribution in [3.8, 4) is 22.6 Å². The van der Waals surface area contributed by atoms with Crippen molar-refractivity contribution in [1.82, 2.24) is 30.1 Å². The molecule has 5 aromatic rings. The fraction of sp³-hybridized carbons (Fsp3) is 0.231. The Morgan fingerprint density at radius 1 is 1.03 bits per heavy atom. The number of pyridine rings is 1. The number of ether oxygens (including phenoxy) is 1. The van der Waals surface area contributed by atoms with Crippen LogP contribution in [0.1, 0.15) is 11.3 Å². The molecule has 0 amide bonds. The van der Waals surface area contributed by atoms with Crippen LogP contribution in [-0.4, -0.2) is 62.2 Å². The standard InChI is InChI=1S/C26H23N7O3/c34-20(13-21-14-22(32-36-21)19-2-1-7-27-15-19)12-17-3-5-18(6-4-17)24-30-23-25(31-24)28-16-29-26(23)33-8-10-35-11-9-33/h1-7,14-16H,8-13H2,(H,28,29,30,31). The molecule has 0 radical (unpaired) electrons. The molecule has 180 valence electrons. The minimum atomic E-state index is 0.0470. The van der Waals surface area contributed by atoms with Gasteiger partial charge in [0.1, 0.15) is 34.9 Å². The third kappa shape index (κ3) is 4.58. The molecule has 1 fully saturated rings. The van der Waals surface area contributed by atoms with Crippen molar-refractivity contribution in [2.75, 3.05) is 31.2 Å². The van der Waals surface area contributed by atoms with Crippen molar-refractivity contribution in [3.05, 3.63) is 72.5 Å². The Hall–Kier alpha value is -4.44. The summed E-state index contributed by atoms with van der Waals surface area (Å²) >= 11 is 0. The highest BCUT2D eigenvalue weighted by atomic mass is 16.5. The first-order valence-electron chi connectivity index (χ1n) is 11.7. The molecule has 1 aliphatic rings. The van der Waals surface area contributed by atoms with Crippen LogP contribution in [0.25, 0.3) is 33.8 Å². The van der Waals surface area contributed by atoms with Gasteiger partial charge in [-0.3, -0.25) is 9.78 Å². The smallest absolute Gasteiger partial charge is 0.183 e. The third-order valence-electron chi connectivity index (χ3n) is 6.10. The molecule has 0 bridgehead atoms. The van der Waals surface area contributed by atoms with Gasteiger partial charge in [0.15, 0.2) is 11.5 Å². The predicted molar refractivity (Wildman–Crippen MR) is 132 cm³/mol. The highest BCUT2D eigenvalue weighted by Crippen LogP contribution is 2.26. The molecular formula is C26H23N7O3. The summed E-state index contributed by atoms with van der Waals surface area (Å²) in [5.41, 5.74) is 4.78. The van der Waals surface area contributed by atoms with Crippen molar-refractivity contribution in [3.63, 3.8) is 0 Å². The van der Waals surface area contributed by atoms with E-state index in [1.807, 2.05) is 36.4 Å². The van der Waals surface area contributed by atoms with Crippen LogP contribution in [0.4, 0.5) is 5.82 Å². The number of morpholine rings is 1. The van der Waals surface area contributed by atoms with Crippen LogP contribution in [0.2, 0.25) is 0 Å². The summed E-state index contributed by atoms with van der Waals surface area (Å²) in [6, 6.07) is 13.3. The van der Waals surface area contributed by atoms with Crippen LogP contribution in [-0.2, 0) is 22.4 Å². The van der Waals surface area contributed by atoms with Gasteiger partial charge in [0.25, 0.3) is 0 Å². The summed E-state index contributed by atoms with van der Waals surface area (Å²) < 4.78 is 10.8. The molecule has 0 aliphatic carbocycles. The molecule has 36 heavy (non-hydrogen) atoms. The number of ketones is 1. The molecular weight excluding hydrogens is 458 g/mol. The number of aromatic amines is 1. The van der Waals surface area contributed by atoms with Crippen molar-refractivity contribution >= 4 is 22.8 Å². The number of imidazole rings is 1. The van der Waals surface area contributed by atoms with Crippen LogP contribution >= 0.6 is 0 Å². The summed E-state index contributed by atoms with van der Waals surface area (Å²) in [5, 5.41) is 4.05. The number of nitrogens with zero attached hydrogens (tertiary/aromatic N) is 6. The van der Waals surface area contributed by atoms with Crippen LogP contribution in [0.3, 0.4) is 0 Å². The Morgan fingerprint density at radius 3 is 2.69 bits per heavy atom. The second-order valence-electron chi connectivity index (χ2n) is 8.59. The zero-order chi connectivity index (χ0) is 24.3. The van der Waals surface area contributed by atoms with Crippen LogP contribution in [0.15, 0.2) is 65.7 Å². The number of rotatable bonds is 7. The van der Waals surface area contributed by atoms with Crippen LogP contribution in [0.5, 0.6) is 0 Å². The first-order valence-corrected chi connectivity index (χ1v) is 11.7. The van der Waals surface area contributed by atoms with E-state index in [2.05, 4.69) is 35.0 Å². The summed E-state index contributed by atoms with van der Waals surface area (Å²) in [6.07, 6.45) is 5.44. The van der Waals surface area contributed by atoms with Crippen LogP contribution in [0, 0.1) is 0 Å². The summed E-state index contributed by atoms with van der Waals surface area (Å²) in [6.45, 7) is 2.91. The van der Waals surface area contributed by atoms with Gasteiger partial charge in [-0.05, 0) is 17.7 Å². The number of aromatic nitrogens is 6. The molecule has 10 nitrogen and oxygen atoms in total. The highest BCUT2D eigenvalue weighted by Gasteiger charge is 2.19. The number of hydrogen-bond donors (Lipinski definition) is 1. The fourth-order valence-corrected chi connectivity index (χ4v) is 4.28. The zero-order valence-electron chi connectivity index (χ0n) is 19.4. The minimum absolute atomic E-state index is 0.0470. The molecule has 4 aromatic heterocycles. The lowest BCUT2D eigenvalue weighted by molar-refractivity contribution is -0.118. The van der Waals surface area contributed by atoms with E-state index < -0.39 is 0 Å². The average Bonchev–Trinajstić information content (AvgIpc) is 3.57. The monoisotopic (exact) mass is 481 g/mol.